The first-order valence-electron chi connectivity index (χ1n) is 8.26. The summed E-state index contributed by atoms with van der Waals surface area (Å²) in [5, 5.41) is 8.37. The lowest BCUT2D eigenvalue weighted by molar-refractivity contribution is 0.839. The van der Waals surface area contributed by atoms with Gasteiger partial charge in [0.2, 0.25) is 10.1 Å². The van der Waals surface area contributed by atoms with Gasteiger partial charge in [-0.3, -0.25) is 4.79 Å². The number of fused-ring (bicyclic) bond motifs is 1. The van der Waals surface area contributed by atoms with Gasteiger partial charge in [0.05, 0.1) is 0 Å². The largest absolute Gasteiger partial charge is 0.360 e. The van der Waals surface area contributed by atoms with Gasteiger partial charge in [-0.1, -0.05) is 54.0 Å². The standard InChI is InChI=1S/C18H22N4OS/c1-4-5-15-11-16(23)22-18(20-15)24-17(21-22)19-7-6-14-9-12(2)8-13(3)10-14/h8-11H,4-7H2,1-3H3,(H,19,21). The van der Waals surface area contributed by atoms with Crippen molar-refractivity contribution < 1.29 is 0 Å². The van der Waals surface area contributed by atoms with Crippen LogP contribution in [-0.2, 0) is 12.8 Å². The van der Waals surface area contributed by atoms with Gasteiger partial charge in [0.15, 0.2) is 0 Å². The van der Waals surface area contributed by atoms with Gasteiger partial charge in [-0.15, -0.1) is 5.10 Å². The zero-order valence-electron chi connectivity index (χ0n) is 14.3. The second kappa shape index (κ2) is 7.13. The molecule has 3 rings (SSSR count). The minimum Gasteiger partial charge on any atom is -0.360 e. The number of aromatic nitrogens is 3. The Balaban J connectivity index is 1.71. The fraction of sp³-hybridized carbons (Fsp3) is 0.389. The molecule has 5 nitrogen and oxygen atoms in total. The Labute approximate surface area is 145 Å². The third-order valence-electron chi connectivity index (χ3n) is 3.78. The molecule has 0 radical (unpaired) electrons. The zero-order chi connectivity index (χ0) is 17.1. The molecule has 2 heterocycles. The number of nitrogens with one attached hydrogen (secondary N) is 1. The Hall–Kier alpha value is -2.21. The minimum absolute atomic E-state index is 0.109. The quantitative estimate of drug-likeness (QED) is 0.746. The molecule has 0 bridgehead atoms. The summed E-state index contributed by atoms with van der Waals surface area (Å²) in [5.41, 5.74) is 4.60. The van der Waals surface area contributed by atoms with Crippen LogP contribution in [0.5, 0.6) is 0 Å². The van der Waals surface area contributed by atoms with E-state index >= 15 is 0 Å². The van der Waals surface area contributed by atoms with Gasteiger partial charge in [-0.25, -0.2) is 4.98 Å². The van der Waals surface area contributed by atoms with Crippen LogP contribution in [0.25, 0.3) is 4.96 Å². The van der Waals surface area contributed by atoms with E-state index < -0.39 is 0 Å². The van der Waals surface area contributed by atoms with E-state index in [4.69, 9.17) is 0 Å². The summed E-state index contributed by atoms with van der Waals surface area (Å²) in [7, 11) is 0. The van der Waals surface area contributed by atoms with Gasteiger partial charge in [0.1, 0.15) is 0 Å². The SMILES string of the molecule is CCCc1cc(=O)n2nc(NCCc3cc(C)cc(C)c3)sc2n1. The predicted octanol–water partition coefficient (Wildman–Crippen LogP) is 3.37. The first-order chi connectivity index (χ1) is 11.5. The molecule has 0 unspecified atom stereocenters. The third kappa shape index (κ3) is 3.82. The van der Waals surface area contributed by atoms with Crippen LogP contribution in [0.2, 0.25) is 0 Å². The van der Waals surface area contributed by atoms with E-state index in [0.717, 1.165) is 36.6 Å². The van der Waals surface area contributed by atoms with Crippen LogP contribution in [0, 0.1) is 13.8 Å². The Morgan fingerprint density at radius 1 is 1.12 bits per heavy atom. The summed E-state index contributed by atoms with van der Waals surface area (Å²) in [6, 6.07) is 8.16. The average Bonchev–Trinajstić information content (AvgIpc) is 2.90. The molecule has 6 heteroatoms. The lowest BCUT2D eigenvalue weighted by Crippen LogP contribution is -2.15. The molecule has 0 amide bonds. The van der Waals surface area contributed by atoms with E-state index in [2.05, 4.69) is 54.4 Å². The molecule has 0 aliphatic carbocycles. The summed E-state index contributed by atoms with van der Waals surface area (Å²) in [5.74, 6) is 0. The van der Waals surface area contributed by atoms with E-state index in [1.807, 2.05) is 0 Å². The minimum atomic E-state index is -0.109. The Kier molecular flexibility index (Phi) is 4.94. The van der Waals surface area contributed by atoms with Crippen molar-refractivity contribution in [2.75, 3.05) is 11.9 Å². The number of hydrogen-bond acceptors (Lipinski definition) is 5. The lowest BCUT2D eigenvalue weighted by atomic mass is 10.1. The molecule has 0 spiro atoms. The van der Waals surface area contributed by atoms with Crippen molar-refractivity contribution in [1.82, 2.24) is 14.6 Å². The molecule has 2 aromatic heterocycles. The summed E-state index contributed by atoms with van der Waals surface area (Å²) in [4.78, 5) is 17.3. The molecule has 0 saturated carbocycles. The molecule has 3 aromatic rings. The van der Waals surface area contributed by atoms with E-state index in [1.165, 1.54) is 32.5 Å². The van der Waals surface area contributed by atoms with Crippen LogP contribution in [0.1, 0.15) is 35.7 Å². The highest BCUT2D eigenvalue weighted by atomic mass is 32.1. The van der Waals surface area contributed by atoms with E-state index in [1.54, 1.807) is 6.07 Å². The second-order valence-corrected chi connectivity index (χ2v) is 7.07. The second-order valence-electron chi connectivity index (χ2n) is 6.11. The van der Waals surface area contributed by atoms with Crippen molar-refractivity contribution in [1.29, 1.82) is 0 Å². The van der Waals surface area contributed by atoms with E-state index in [9.17, 15) is 4.79 Å². The van der Waals surface area contributed by atoms with Gasteiger partial charge in [0.25, 0.3) is 5.56 Å². The molecule has 1 aromatic carbocycles. The molecule has 0 aliphatic rings. The molecule has 24 heavy (non-hydrogen) atoms. The van der Waals surface area contributed by atoms with Crippen LogP contribution in [0.3, 0.4) is 0 Å². The van der Waals surface area contributed by atoms with Crippen LogP contribution in [0.15, 0.2) is 29.1 Å². The molecule has 0 aliphatic heterocycles. The smallest absolute Gasteiger partial charge is 0.275 e. The average molecular weight is 342 g/mol. The van der Waals surface area contributed by atoms with Crippen molar-refractivity contribution in [2.45, 2.75) is 40.0 Å². The number of aryl methyl sites for hydroxylation is 3. The molecular weight excluding hydrogens is 320 g/mol. The summed E-state index contributed by atoms with van der Waals surface area (Å²) in [6.45, 7) is 7.09. The van der Waals surface area contributed by atoms with Crippen molar-refractivity contribution in [3.63, 3.8) is 0 Å². The highest BCUT2D eigenvalue weighted by molar-refractivity contribution is 7.20. The van der Waals surface area contributed by atoms with Crippen LogP contribution >= 0.6 is 11.3 Å². The first-order valence-corrected chi connectivity index (χ1v) is 9.07. The number of rotatable bonds is 6. The van der Waals surface area contributed by atoms with Gasteiger partial charge in [-0.2, -0.15) is 4.52 Å². The van der Waals surface area contributed by atoms with Gasteiger partial charge >= 0.3 is 0 Å². The topological polar surface area (TPSA) is 59.3 Å². The predicted molar refractivity (Wildman–Crippen MR) is 99.2 cm³/mol. The Morgan fingerprint density at radius 3 is 2.58 bits per heavy atom. The Morgan fingerprint density at radius 2 is 1.88 bits per heavy atom. The van der Waals surface area contributed by atoms with Gasteiger partial charge < -0.3 is 5.32 Å². The molecule has 0 saturated heterocycles. The summed E-state index contributed by atoms with van der Waals surface area (Å²) < 4.78 is 1.38. The number of hydrogen-bond donors (Lipinski definition) is 1. The zero-order valence-corrected chi connectivity index (χ0v) is 15.1. The highest BCUT2D eigenvalue weighted by Gasteiger charge is 2.08. The Bertz CT molecular complexity index is 893. The van der Waals surface area contributed by atoms with Gasteiger partial charge in [0, 0.05) is 18.3 Å². The van der Waals surface area contributed by atoms with Crippen molar-refractivity contribution in [2.24, 2.45) is 0 Å². The maximum atomic E-state index is 12.1. The first kappa shape index (κ1) is 16.6. The monoisotopic (exact) mass is 342 g/mol. The maximum absolute atomic E-state index is 12.1. The molecule has 0 fully saturated rings. The van der Waals surface area contributed by atoms with Crippen LogP contribution in [-0.4, -0.2) is 21.1 Å². The molecule has 126 valence electrons. The number of nitrogens with zero attached hydrogens (tertiary/aromatic N) is 3. The fourth-order valence-corrected chi connectivity index (χ4v) is 3.69. The number of benzene rings is 1. The number of anilines is 1. The van der Waals surface area contributed by atoms with E-state index in [0.29, 0.717) is 4.96 Å². The molecular formula is C18H22N4OS. The van der Waals surface area contributed by atoms with Crippen molar-refractivity contribution in [3.05, 3.63) is 57.0 Å². The van der Waals surface area contributed by atoms with Crippen LogP contribution in [0.4, 0.5) is 5.13 Å². The summed E-state index contributed by atoms with van der Waals surface area (Å²) >= 11 is 1.42. The van der Waals surface area contributed by atoms with Crippen molar-refractivity contribution in [3.8, 4) is 0 Å². The molecule has 0 atom stereocenters. The van der Waals surface area contributed by atoms with Crippen molar-refractivity contribution >= 4 is 21.4 Å². The third-order valence-corrected chi connectivity index (χ3v) is 4.64. The maximum Gasteiger partial charge on any atom is 0.275 e. The van der Waals surface area contributed by atoms with E-state index in [-0.39, 0.29) is 5.56 Å². The highest BCUT2D eigenvalue weighted by Crippen LogP contribution is 2.17. The molecule has 1 N–H and O–H groups in total. The lowest BCUT2D eigenvalue weighted by Gasteiger charge is -2.05. The fourth-order valence-electron chi connectivity index (χ4n) is 2.84. The van der Waals surface area contributed by atoms with Crippen LogP contribution < -0.4 is 10.9 Å². The normalized spacial score (nSPS) is 11.1. The summed E-state index contributed by atoms with van der Waals surface area (Å²) in [6.07, 6.45) is 2.71. The van der Waals surface area contributed by atoms with Gasteiger partial charge in [-0.05, 0) is 32.3 Å².